The second-order valence-corrected chi connectivity index (χ2v) is 6.86. The fraction of sp³-hybridized carbons (Fsp3) is 0.333. The molecule has 4 rings (SSSR count). The molecular weight excluding hydrogens is 310 g/mol. The third-order valence-corrected chi connectivity index (χ3v) is 5.11. The standard InChI is InChI=1S/C21H23N3O/c1-3-23-14-17(12-20(23)25)21-22-18-6-4-5-7-19(18)24(21)13-16-10-8-15(2)9-11-16/h4-11,17H,3,12-14H2,1-2H3/t17-/m1/s1. The van der Waals surface area contributed by atoms with E-state index in [1.807, 2.05) is 17.9 Å². The highest BCUT2D eigenvalue weighted by Crippen LogP contribution is 2.30. The Labute approximate surface area is 148 Å². The lowest BCUT2D eigenvalue weighted by molar-refractivity contribution is -0.127. The Morgan fingerprint density at radius 3 is 2.60 bits per heavy atom. The topological polar surface area (TPSA) is 38.1 Å². The summed E-state index contributed by atoms with van der Waals surface area (Å²) in [5.41, 5.74) is 4.67. The van der Waals surface area contributed by atoms with E-state index >= 15 is 0 Å². The van der Waals surface area contributed by atoms with Gasteiger partial charge in [-0.2, -0.15) is 0 Å². The number of likely N-dealkylation sites (tertiary alicyclic amines) is 1. The van der Waals surface area contributed by atoms with Gasteiger partial charge < -0.3 is 9.47 Å². The molecular formula is C21H23N3O. The second-order valence-electron chi connectivity index (χ2n) is 6.86. The average molecular weight is 333 g/mol. The van der Waals surface area contributed by atoms with Gasteiger partial charge in [0.25, 0.3) is 0 Å². The van der Waals surface area contributed by atoms with Crippen molar-refractivity contribution in [2.45, 2.75) is 32.7 Å². The number of nitrogens with zero attached hydrogens (tertiary/aromatic N) is 3. The molecule has 1 fully saturated rings. The minimum Gasteiger partial charge on any atom is -0.342 e. The lowest BCUT2D eigenvalue weighted by Gasteiger charge is -2.15. The smallest absolute Gasteiger partial charge is 0.223 e. The molecule has 0 aliphatic carbocycles. The molecule has 4 nitrogen and oxygen atoms in total. The van der Waals surface area contributed by atoms with Gasteiger partial charge in [0.05, 0.1) is 11.0 Å². The molecule has 0 radical (unpaired) electrons. The summed E-state index contributed by atoms with van der Waals surface area (Å²) in [6.45, 7) is 6.47. The summed E-state index contributed by atoms with van der Waals surface area (Å²) in [5, 5.41) is 0. The minimum atomic E-state index is 0.172. The molecule has 1 saturated heterocycles. The van der Waals surface area contributed by atoms with Gasteiger partial charge in [-0.15, -0.1) is 0 Å². The van der Waals surface area contributed by atoms with Crippen LogP contribution < -0.4 is 0 Å². The van der Waals surface area contributed by atoms with Crippen molar-refractivity contribution in [1.29, 1.82) is 0 Å². The van der Waals surface area contributed by atoms with Crippen LogP contribution >= 0.6 is 0 Å². The Hall–Kier alpha value is -2.62. The lowest BCUT2D eigenvalue weighted by atomic mass is 10.1. The normalized spacial score (nSPS) is 17.6. The van der Waals surface area contributed by atoms with Crippen molar-refractivity contribution in [3.8, 4) is 0 Å². The number of carbonyl (C=O) groups is 1. The number of aromatic nitrogens is 2. The molecule has 1 aliphatic heterocycles. The van der Waals surface area contributed by atoms with Crippen molar-refractivity contribution in [3.05, 3.63) is 65.5 Å². The van der Waals surface area contributed by atoms with Gasteiger partial charge in [0, 0.05) is 32.0 Å². The molecule has 1 aliphatic rings. The molecule has 0 N–H and O–H groups in total. The highest BCUT2D eigenvalue weighted by molar-refractivity contribution is 5.80. The lowest BCUT2D eigenvalue weighted by Crippen LogP contribution is -2.24. The fourth-order valence-corrected chi connectivity index (χ4v) is 3.70. The summed E-state index contributed by atoms with van der Waals surface area (Å²) in [4.78, 5) is 19.0. The molecule has 1 aromatic heterocycles. The van der Waals surface area contributed by atoms with E-state index in [2.05, 4.69) is 54.0 Å². The van der Waals surface area contributed by atoms with E-state index in [4.69, 9.17) is 4.98 Å². The molecule has 0 unspecified atom stereocenters. The number of para-hydroxylation sites is 2. The van der Waals surface area contributed by atoms with Crippen LogP contribution in [0.25, 0.3) is 11.0 Å². The van der Waals surface area contributed by atoms with E-state index in [0.29, 0.717) is 6.42 Å². The number of amides is 1. The van der Waals surface area contributed by atoms with Gasteiger partial charge in [0.2, 0.25) is 5.91 Å². The number of hydrogen-bond donors (Lipinski definition) is 0. The predicted molar refractivity (Wildman–Crippen MR) is 99.6 cm³/mol. The maximum atomic E-state index is 12.2. The Morgan fingerprint density at radius 1 is 1.12 bits per heavy atom. The number of fused-ring (bicyclic) bond motifs is 1. The van der Waals surface area contributed by atoms with E-state index in [-0.39, 0.29) is 11.8 Å². The summed E-state index contributed by atoms with van der Waals surface area (Å²) in [7, 11) is 0. The molecule has 1 amide bonds. The molecule has 4 heteroatoms. The first-order valence-electron chi connectivity index (χ1n) is 8.94. The van der Waals surface area contributed by atoms with Crippen LogP contribution in [0.4, 0.5) is 0 Å². The molecule has 3 aromatic rings. The van der Waals surface area contributed by atoms with Gasteiger partial charge in [0.15, 0.2) is 0 Å². The molecule has 1 atom stereocenters. The van der Waals surface area contributed by atoms with Crippen molar-refractivity contribution in [2.75, 3.05) is 13.1 Å². The number of aryl methyl sites for hydroxylation is 1. The maximum Gasteiger partial charge on any atom is 0.223 e. The van der Waals surface area contributed by atoms with Crippen molar-refractivity contribution in [2.24, 2.45) is 0 Å². The van der Waals surface area contributed by atoms with Crippen LogP contribution in [-0.2, 0) is 11.3 Å². The van der Waals surface area contributed by atoms with Crippen LogP contribution in [0.3, 0.4) is 0 Å². The first kappa shape index (κ1) is 15.9. The van der Waals surface area contributed by atoms with Crippen LogP contribution in [-0.4, -0.2) is 33.4 Å². The number of likely N-dealkylation sites (N-methyl/N-ethyl adjacent to an activating group) is 1. The van der Waals surface area contributed by atoms with Crippen molar-refractivity contribution in [1.82, 2.24) is 14.5 Å². The largest absolute Gasteiger partial charge is 0.342 e. The van der Waals surface area contributed by atoms with Crippen molar-refractivity contribution in [3.63, 3.8) is 0 Å². The van der Waals surface area contributed by atoms with Gasteiger partial charge in [-0.25, -0.2) is 4.98 Å². The Balaban J connectivity index is 1.76. The van der Waals surface area contributed by atoms with Crippen LogP contribution in [0.1, 0.15) is 36.2 Å². The number of carbonyl (C=O) groups excluding carboxylic acids is 1. The molecule has 128 valence electrons. The average Bonchev–Trinajstić information content (AvgIpc) is 3.17. The Bertz CT molecular complexity index is 911. The van der Waals surface area contributed by atoms with Gasteiger partial charge >= 0.3 is 0 Å². The first-order chi connectivity index (χ1) is 12.2. The Morgan fingerprint density at radius 2 is 1.88 bits per heavy atom. The summed E-state index contributed by atoms with van der Waals surface area (Å²) >= 11 is 0. The third kappa shape index (κ3) is 2.93. The number of imidazole rings is 1. The quantitative estimate of drug-likeness (QED) is 0.730. The van der Waals surface area contributed by atoms with Crippen molar-refractivity contribution >= 4 is 16.9 Å². The van der Waals surface area contributed by atoms with E-state index in [0.717, 1.165) is 36.5 Å². The Kier molecular flexibility index (Phi) is 4.04. The summed E-state index contributed by atoms with van der Waals surface area (Å²) < 4.78 is 2.29. The monoisotopic (exact) mass is 333 g/mol. The number of hydrogen-bond acceptors (Lipinski definition) is 2. The van der Waals surface area contributed by atoms with Gasteiger partial charge in [-0.3, -0.25) is 4.79 Å². The zero-order valence-corrected chi connectivity index (χ0v) is 14.8. The maximum absolute atomic E-state index is 12.2. The zero-order valence-electron chi connectivity index (χ0n) is 14.8. The SMILES string of the molecule is CCN1C[C@H](c2nc3ccccc3n2Cc2ccc(C)cc2)CC1=O. The molecule has 0 bridgehead atoms. The van der Waals surface area contributed by atoms with Crippen molar-refractivity contribution < 1.29 is 4.79 Å². The van der Waals surface area contributed by atoms with E-state index < -0.39 is 0 Å². The highest BCUT2D eigenvalue weighted by atomic mass is 16.2. The van der Waals surface area contributed by atoms with Gasteiger partial charge in [-0.05, 0) is 31.5 Å². The first-order valence-corrected chi connectivity index (χ1v) is 8.94. The third-order valence-electron chi connectivity index (χ3n) is 5.11. The van der Waals surface area contributed by atoms with Crippen LogP contribution in [0.2, 0.25) is 0 Å². The highest BCUT2D eigenvalue weighted by Gasteiger charge is 2.33. The molecule has 2 aromatic carbocycles. The number of benzene rings is 2. The molecule has 25 heavy (non-hydrogen) atoms. The van der Waals surface area contributed by atoms with Crippen LogP contribution in [0.15, 0.2) is 48.5 Å². The zero-order chi connectivity index (χ0) is 17.4. The fourth-order valence-electron chi connectivity index (χ4n) is 3.70. The predicted octanol–water partition coefficient (Wildman–Crippen LogP) is 3.73. The van der Waals surface area contributed by atoms with Gasteiger partial charge in [0.1, 0.15) is 5.82 Å². The summed E-state index contributed by atoms with van der Waals surface area (Å²) in [6, 6.07) is 16.9. The minimum absolute atomic E-state index is 0.172. The van der Waals surface area contributed by atoms with Gasteiger partial charge in [-0.1, -0.05) is 42.0 Å². The second kappa shape index (κ2) is 6.36. The van der Waals surface area contributed by atoms with E-state index in [1.165, 1.54) is 11.1 Å². The molecule has 0 saturated carbocycles. The van der Waals surface area contributed by atoms with E-state index in [1.54, 1.807) is 0 Å². The summed E-state index contributed by atoms with van der Waals surface area (Å²) in [5.74, 6) is 1.44. The number of rotatable bonds is 4. The van der Waals surface area contributed by atoms with E-state index in [9.17, 15) is 4.79 Å². The van der Waals surface area contributed by atoms with Crippen LogP contribution in [0, 0.1) is 6.92 Å². The summed E-state index contributed by atoms with van der Waals surface area (Å²) in [6.07, 6.45) is 0.561. The van der Waals surface area contributed by atoms with Crippen LogP contribution in [0.5, 0.6) is 0 Å². The molecule has 0 spiro atoms. The molecule has 2 heterocycles.